The quantitative estimate of drug-likeness (QED) is 0.740. The molecule has 1 heterocycles. The number of hydrogen-bond donors (Lipinski definition) is 0. The number of rotatable bonds is 2. The molecule has 0 saturated heterocycles. The summed E-state index contributed by atoms with van der Waals surface area (Å²) < 4.78 is 5.71. The SMILES string of the molecule is CC(C)c1cc2ccc(CC#N)cc2o1. The van der Waals surface area contributed by atoms with Crippen LogP contribution in [-0.4, -0.2) is 0 Å². The van der Waals surface area contributed by atoms with E-state index < -0.39 is 0 Å². The highest BCUT2D eigenvalue weighted by Gasteiger charge is 2.07. The summed E-state index contributed by atoms with van der Waals surface area (Å²) in [5, 5.41) is 9.72. The van der Waals surface area contributed by atoms with Gasteiger partial charge < -0.3 is 4.42 Å². The highest BCUT2D eigenvalue weighted by atomic mass is 16.3. The molecule has 0 spiro atoms. The lowest BCUT2D eigenvalue weighted by Gasteiger charge is -1.96. The topological polar surface area (TPSA) is 36.9 Å². The fourth-order valence-corrected chi connectivity index (χ4v) is 1.58. The Morgan fingerprint density at radius 2 is 2.13 bits per heavy atom. The number of fused-ring (bicyclic) bond motifs is 1. The Balaban J connectivity index is 2.48. The van der Waals surface area contributed by atoms with Crippen molar-refractivity contribution in [2.24, 2.45) is 0 Å². The van der Waals surface area contributed by atoms with Gasteiger partial charge in [0.15, 0.2) is 0 Å². The summed E-state index contributed by atoms with van der Waals surface area (Å²) in [6.45, 7) is 4.21. The Morgan fingerprint density at radius 1 is 1.33 bits per heavy atom. The summed E-state index contributed by atoms with van der Waals surface area (Å²) in [5.74, 6) is 1.40. The molecule has 2 nitrogen and oxygen atoms in total. The van der Waals surface area contributed by atoms with Crippen LogP contribution in [0.15, 0.2) is 28.7 Å². The first-order chi connectivity index (χ1) is 7.20. The first kappa shape index (κ1) is 9.79. The maximum Gasteiger partial charge on any atom is 0.134 e. The Bertz CT molecular complexity index is 517. The third kappa shape index (κ3) is 1.87. The van der Waals surface area contributed by atoms with Crippen LogP contribution < -0.4 is 0 Å². The normalized spacial score (nSPS) is 10.8. The fraction of sp³-hybridized carbons (Fsp3) is 0.308. The summed E-state index contributed by atoms with van der Waals surface area (Å²) in [6, 6.07) is 10.1. The molecule has 2 rings (SSSR count). The van der Waals surface area contributed by atoms with Crippen molar-refractivity contribution in [2.45, 2.75) is 26.2 Å². The molecule has 0 aliphatic carbocycles. The lowest BCUT2D eigenvalue weighted by molar-refractivity contribution is 0.521. The van der Waals surface area contributed by atoms with E-state index in [1.807, 2.05) is 18.2 Å². The van der Waals surface area contributed by atoms with Crippen molar-refractivity contribution < 1.29 is 4.42 Å². The molecule has 0 radical (unpaired) electrons. The molecule has 0 unspecified atom stereocenters. The van der Waals surface area contributed by atoms with E-state index in [1.54, 1.807) is 0 Å². The van der Waals surface area contributed by atoms with Crippen LogP contribution in [0.5, 0.6) is 0 Å². The molecular weight excluding hydrogens is 186 g/mol. The smallest absolute Gasteiger partial charge is 0.134 e. The second kappa shape index (κ2) is 3.78. The van der Waals surface area contributed by atoms with Crippen molar-refractivity contribution in [1.82, 2.24) is 0 Å². The zero-order valence-electron chi connectivity index (χ0n) is 8.95. The zero-order valence-corrected chi connectivity index (χ0v) is 8.95. The number of nitriles is 1. The van der Waals surface area contributed by atoms with Gasteiger partial charge in [0.25, 0.3) is 0 Å². The molecule has 2 heteroatoms. The maximum atomic E-state index is 8.60. The van der Waals surface area contributed by atoms with Gasteiger partial charge in [-0.1, -0.05) is 26.0 Å². The summed E-state index contributed by atoms with van der Waals surface area (Å²) >= 11 is 0. The van der Waals surface area contributed by atoms with Crippen molar-refractivity contribution in [1.29, 1.82) is 5.26 Å². The van der Waals surface area contributed by atoms with E-state index in [0.717, 1.165) is 22.3 Å². The molecule has 0 aliphatic rings. The second-order valence-electron chi connectivity index (χ2n) is 4.01. The minimum Gasteiger partial charge on any atom is -0.461 e. The maximum absolute atomic E-state index is 8.60. The predicted molar refractivity (Wildman–Crippen MR) is 59.6 cm³/mol. The Morgan fingerprint density at radius 3 is 2.80 bits per heavy atom. The van der Waals surface area contributed by atoms with Gasteiger partial charge >= 0.3 is 0 Å². The monoisotopic (exact) mass is 199 g/mol. The Labute approximate surface area is 89.1 Å². The minimum atomic E-state index is 0.400. The fourth-order valence-electron chi connectivity index (χ4n) is 1.58. The van der Waals surface area contributed by atoms with Crippen molar-refractivity contribution >= 4 is 11.0 Å². The predicted octanol–water partition coefficient (Wildman–Crippen LogP) is 3.62. The highest BCUT2D eigenvalue weighted by molar-refractivity contribution is 5.78. The minimum absolute atomic E-state index is 0.400. The van der Waals surface area contributed by atoms with E-state index in [0.29, 0.717) is 12.3 Å². The van der Waals surface area contributed by atoms with Gasteiger partial charge in [-0.15, -0.1) is 0 Å². The lowest BCUT2D eigenvalue weighted by atomic mass is 10.1. The molecule has 1 aromatic carbocycles. The number of furan rings is 1. The van der Waals surface area contributed by atoms with Crippen LogP contribution in [0.25, 0.3) is 11.0 Å². The van der Waals surface area contributed by atoms with Crippen LogP contribution in [-0.2, 0) is 6.42 Å². The van der Waals surface area contributed by atoms with Gasteiger partial charge in [-0.25, -0.2) is 0 Å². The molecule has 15 heavy (non-hydrogen) atoms. The van der Waals surface area contributed by atoms with Crippen LogP contribution in [0.2, 0.25) is 0 Å². The molecule has 0 bridgehead atoms. The summed E-state index contributed by atoms with van der Waals surface area (Å²) in [4.78, 5) is 0. The van der Waals surface area contributed by atoms with Gasteiger partial charge in [0.05, 0.1) is 12.5 Å². The van der Waals surface area contributed by atoms with Gasteiger partial charge in [0.1, 0.15) is 11.3 Å². The third-order valence-corrected chi connectivity index (χ3v) is 2.46. The number of hydrogen-bond acceptors (Lipinski definition) is 2. The van der Waals surface area contributed by atoms with Crippen molar-refractivity contribution in [3.63, 3.8) is 0 Å². The molecule has 0 saturated carbocycles. The molecule has 0 fully saturated rings. The summed E-state index contributed by atoms with van der Waals surface area (Å²) in [5.41, 5.74) is 1.89. The van der Waals surface area contributed by atoms with Gasteiger partial charge in [-0.05, 0) is 17.7 Å². The van der Waals surface area contributed by atoms with E-state index in [1.165, 1.54) is 0 Å². The molecule has 0 amide bonds. The van der Waals surface area contributed by atoms with Crippen molar-refractivity contribution in [3.8, 4) is 6.07 Å². The summed E-state index contributed by atoms with van der Waals surface area (Å²) in [7, 11) is 0. The first-order valence-corrected chi connectivity index (χ1v) is 5.10. The van der Waals surface area contributed by atoms with Gasteiger partial charge in [0, 0.05) is 11.3 Å². The first-order valence-electron chi connectivity index (χ1n) is 5.10. The van der Waals surface area contributed by atoms with Gasteiger partial charge in [-0.3, -0.25) is 0 Å². The largest absolute Gasteiger partial charge is 0.461 e. The molecule has 1 aromatic heterocycles. The van der Waals surface area contributed by atoms with Crippen LogP contribution in [0.4, 0.5) is 0 Å². The van der Waals surface area contributed by atoms with Crippen LogP contribution in [0.1, 0.15) is 31.1 Å². The summed E-state index contributed by atoms with van der Waals surface area (Å²) in [6.07, 6.45) is 0.438. The Kier molecular flexibility index (Phi) is 2.47. The molecule has 2 aromatic rings. The van der Waals surface area contributed by atoms with E-state index in [4.69, 9.17) is 9.68 Å². The second-order valence-corrected chi connectivity index (χ2v) is 4.01. The van der Waals surface area contributed by atoms with Crippen LogP contribution in [0.3, 0.4) is 0 Å². The average molecular weight is 199 g/mol. The van der Waals surface area contributed by atoms with Crippen molar-refractivity contribution in [3.05, 3.63) is 35.6 Å². The third-order valence-electron chi connectivity index (χ3n) is 2.46. The van der Waals surface area contributed by atoms with E-state index in [9.17, 15) is 0 Å². The van der Waals surface area contributed by atoms with Crippen molar-refractivity contribution in [2.75, 3.05) is 0 Å². The molecule has 76 valence electrons. The van der Waals surface area contributed by atoms with E-state index in [2.05, 4.69) is 26.0 Å². The Hall–Kier alpha value is -1.75. The van der Waals surface area contributed by atoms with Crippen LogP contribution >= 0.6 is 0 Å². The number of nitrogens with zero attached hydrogens (tertiary/aromatic N) is 1. The van der Waals surface area contributed by atoms with Gasteiger partial charge in [-0.2, -0.15) is 5.26 Å². The zero-order chi connectivity index (χ0) is 10.8. The molecular formula is C13H13NO. The molecule has 0 aliphatic heterocycles. The highest BCUT2D eigenvalue weighted by Crippen LogP contribution is 2.25. The van der Waals surface area contributed by atoms with E-state index in [-0.39, 0.29) is 0 Å². The molecule has 0 atom stereocenters. The number of benzene rings is 1. The lowest BCUT2D eigenvalue weighted by Crippen LogP contribution is -1.79. The standard InChI is InChI=1S/C13H13NO/c1-9(2)12-8-11-4-3-10(5-6-14)7-13(11)15-12/h3-4,7-9H,5H2,1-2H3. The van der Waals surface area contributed by atoms with Gasteiger partial charge in [0.2, 0.25) is 0 Å². The van der Waals surface area contributed by atoms with Crippen LogP contribution in [0, 0.1) is 11.3 Å². The average Bonchev–Trinajstić information content (AvgIpc) is 2.61. The van der Waals surface area contributed by atoms with E-state index >= 15 is 0 Å². The molecule has 0 N–H and O–H groups in total.